The number of fused-ring (bicyclic) bond motifs is 1. The summed E-state index contributed by atoms with van der Waals surface area (Å²) in [5.41, 5.74) is -0.831. The highest BCUT2D eigenvalue weighted by molar-refractivity contribution is 9.10. The molecule has 0 aliphatic carbocycles. The number of aromatic nitrogens is 4. The van der Waals surface area contributed by atoms with E-state index in [0.29, 0.717) is 10.4 Å². The van der Waals surface area contributed by atoms with Crippen molar-refractivity contribution in [2.24, 2.45) is 14.1 Å². The quantitative estimate of drug-likeness (QED) is 0.775. The van der Waals surface area contributed by atoms with Crippen LogP contribution in [0.5, 0.6) is 0 Å². The molecule has 0 fully saturated rings. The molecule has 2 aromatic rings. The molecule has 0 radical (unpaired) electrons. The van der Waals surface area contributed by atoms with E-state index in [9.17, 15) is 14.4 Å². The van der Waals surface area contributed by atoms with Gasteiger partial charge in [-0.25, -0.2) is 9.78 Å². The van der Waals surface area contributed by atoms with Crippen LogP contribution in [-0.4, -0.2) is 30.1 Å². The summed E-state index contributed by atoms with van der Waals surface area (Å²) in [6.07, 6.45) is 0.781. The Morgan fingerprint density at radius 1 is 1.26 bits per heavy atom. The molecule has 0 spiro atoms. The number of imidazole rings is 1. The molecule has 0 saturated heterocycles. The van der Waals surface area contributed by atoms with Crippen molar-refractivity contribution in [2.75, 3.05) is 0 Å². The van der Waals surface area contributed by atoms with E-state index in [1.807, 2.05) is 20.8 Å². The molecule has 0 aliphatic heterocycles. The number of amides is 1. The van der Waals surface area contributed by atoms with Gasteiger partial charge in [-0.2, -0.15) is 0 Å². The topological polar surface area (TPSA) is 90.9 Å². The van der Waals surface area contributed by atoms with Crippen LogP contribution < -0.4 is 16.6 Å². The number of halogens is 1. The Balaban J connectivity index is 2.55. The predicted molar refractivity (Wildman–Crippen MR) is 90.4 cm³/mol. The largest absolute Gasteiger partial charge is 0.350 e. The Kier molecular flexibility index (Phi) is 4.52. The van der Waals surface area contributed by atoms with Crippen molar-refractivity contribution in [1.29, 1.82) is 0 Å². The lowest BCUT2D eigenvalue weighted by atomic mass is 10.0. The zero-order valence-corrected chi connectivity index (χ0v) is 15.4. The fourth-order valence-corrected chi connectivity index (χ4v) is 2.72. The van der Waals surface area contributed by atoms with Crippen molar-refractivity contribution in [1.82, 2.24) is 24.0 Å². The first-order valence-electron chi connectivity index (χ1n) is 7.22. The summed E-state index contributed by atoms with van der Waals surface area (Å²) in [6.45, 7) is 5.80. The molecule has 0 atom stereocenters. The number of nitrogens with zero attached hydrogens (tertiary/aromatic N) is 4. The number of aryl methyl sites for hydroxylation is 1. The van der Waals surface area contributed by atoms with Crippen molar-refractivity contribution in [3.63, 3.8) is 0 Å². The van der Waals surface area contributed by atoms with Crippen molar-refractivity contribution >= 4 is 33.0 Å². The highest BCUT2D eigenvalue weighted by atomic mass is 79.9. The van der Waals surface area contributed by atoms with Crippen LogP contribution in [0.25, 0.3) is 11.2 Å². The number of rotatable bonds is 4. The van der Waals surface area contributed by atoms with Crippen LogP contribution in [0.2, 0.25) is 0 Å². The summed E-state index contributed by atoms with van der Waals surface area (Å²) in [6, 6.07) is 0. The van der Waals surface area contributed by atoms with E-state index in [-0.39, 0.29) is 23.5 Å². The lowest BCUT2D eigenvalue weighted by molar-refractivity contribution is -0.123. The normalized spacial score (nSPS) is 11.9. The van der Waals surface area contributed by atoms with Gasteiger partial charge in [0.2, 0.25) is 5.91 Å². The summed E-state index contributed by atoms with van der Waals surface area (Å²) in [7, 11) is 2.94. The Hall–Kier alpha value is -1.90. The molecule has 23 heavy (non-hydrogen) atoms. The molecule has 2 heterocycles. The summed E-state index contributed by atoms with van der Waals surface area (Å²) in [4.78, 5) is 40.7. The smallest absolute Gasteiger partial charge is 0.332 e. The minimum Gasteiger partial charge on any atom is -0.350 e. The predicted octanol–water partition coefficient (Wildman–Crippen LogP) is 0.501. The van der Waals surface area contributed by atoms with Gasteiger partial charge in [0.1, 0.15) is 6.54 Å². The molecule has 9 heteroatoms. The fourth-order valence-electron chi connectivity index (χ4n) is 2.25. The molecule has 1 N–H and O–H groups in total. The van der Waals surface area contributed by atoms with E-state index >= 15 is 0 Å². The lowest BCUT2D eigenvalue weighted by Gasteiger charge is -2.24. The van der Waals surface area contributed by atoms with Gasteiger partial charge in [-0.05, 0) is 36.2 Å². The molecule has 1 amide bonds. The lowest BCUT2D eigenvalue weighted by Crippen LogP contribution is -2.44. The maximum Gasteiger partial charge on any atom is 0.332 e. The van der Waals surface area contributed by atoms with Gasteiger partial charge < -0.3 is 5.32 Å². The highest BCUT2D eigenvalue weighted by Gasteiger charge is 2.22. The summed E-state index contributed by atoms with van der Waals surface area (Å²) in [5.74, 6) is -0.218. The van der Waals surface area contributed by atoms with E-state index in [1.165, 1.54) is 16.2 Å². The zero-order valence-electron chi connectivity index (χ0n) is 13.8. The van der Waals surface area contributed by atoms with Gasteiger partial charge in [0.05, 0.1) is 0 Å². The molecule has 0 aliphatic rings. The van der Waals surface area contributed by atoms with Crippen LogP contribution in [0.3, 0.4) is 0 Å². The van der Waals surface area contributed by atoms with Crippen LogP contribution in [0.1, 0.15) is 27.2 Å². The first kappa shape index (κ1) is 17.5. The summed E-state index contributed by atoms with van der Waals surface area (Å²) >= 11 is 3.26. The van der Waals surface area contributed by atoms with E-state index in [2.05, 4.69) is 26.2 Å². The summed E-state index contributed by atoms with van der Waals surface area (Å²) in [5, 5.41) is 2.92. The van der Waals surface area contributed by atoms with E-state index < -0.39 is 11.2 Å². The third-order valence-corrected chi connectivity index (χ3v) is 4.56. The Morgan fingerprint density at radius 2 is 1.87 bits per heavy atom. The number of nitrogens with one attached hydrogen (secondary N) is 1. The molecular formula is C14H20BrN5O3. The second kappa shape index (κ2) is 5.95. The van der Waals surface area contributed by atoms with Gasteiger partial charge in [0.25, 0.3) is 5.56 Å². The Morgan fingerprint density at radius 3 is 2.43 bits per heavy atom. The molecule has 0 unspecified atom stereocenters. The van der Waals surface area contributed by atoms with Gasteiger partial charge in [-0.1, -0.05) is 6.92 Å². The minimum atomic E-state index is -0.489. The standard InChI is InChI=1S/C14H20BrN5O3/c1-6-14(2,3)17-8(21)7-20-10-9(16-12(20)15)11(22)19(5)13(23)18(10)4/h6-7H2,1-5H3,(H,17,21). The van der Waals surface area contributed by atoms with Gasteiger partial charge in [-0.15, -0.1) is 0 Å². The van der Waals surface area contributed by atoms with Gasteiger partial charge in [-0.3, -0.25) is 23.3 Å². The van der Waals surface area contributed by atoms with Gasteiger partial charge in [0.15, 0.2) is 15.9 Å². The number of hydrogen-bond acceptors (Lipinski definition) is 4. The van der Waals surface area contributed by atoms with E-state index in [0.717, 1.165) is 11.0 Å². The number of carbonyl (C=O) groups excluding carboxylic acids is 1. The van der Waals surface area contributed by atoms with Crippen molar-refractivity contribution < 1.29 is 4.79 Å². The number of hydrogen-bond donors (Lipinski definition) is 1. The van der Waals surface area contributed by atoms with Gasteiger partial charge in [0, 0.05) is 19.6 Å². The third kappa shape index (κ3) is 3.10. The molecular weight excluding hydrogens is 366 g/mol. The second-order valence-electron chi connectivity index (χ2n) is 6.13. The molecule has 2 aromatic heterocycles. The molecule has 0 saturated carbocycles. The van der Waals surface area contributed by atoms with Crippen molar-refractivity contribution in [2.45, 2.75) is 39.3 Å². The summed E-state index contributed by atoms with van der Waals surface area (Å²) < 4.78 is 4.15. The molecule has 0 bridgehead atoms. The average molecular weight is 386 g/mol. The van der Waals surface area contributed by atoms with Gasteiger partial charge >= 0.3 is 5.69 Å². The van der Waals surface area contributed by atoms with Crippen molar-refractivity contribution in [3.8, 4) is 0 Å². The Bertz CT molecular complexity index is 890. The molecule has 0 aromatic carbocycles. The fraction of sp³-hybridized carbons (Fsp3) is 0.571. The first-order chi connectivity index (χ1) is 10.6. The number of carbonyl (C=O) groups is 1. The van der Waals surface area contributed by atoms with Crippen molar-refractivity contribution in [3.05, 3.63) is 25.6 Å². The highest BCUT2D eigenvalue weighted by Crippen LogP contribution is 2.16. The van der Waals surface area contributed by atoms with Crippen LogP contribution in [0, 0.1) is 0 Å². The monoisotopic (exact) mass is 385 g/mol. The van der Waals surface area contributed by atoms with E-state index in [4.69, 9.17) is 0 Å². The third-order valence-electron chi connectivity index (χ3n) is 3.96. The zero-order chi connectivity index (χ0) is 17.5. The first-order valence-corrected chi connectivity index (χ1v) is 8.01. The maximum atomic E-state index is 12.3. The minimum absolute atomic E-state index is 0.0407. The Labute approximate surface area is 141 Å². The molecule has 126 valence electrons. The van der Waals surface area contributed by atoms with Crippen LogP contribution in [0.4, 0.5) is 0 Å². The molecule has 2 rings (SSSR count). The second-order valence-corrected chi connectivity index (χ2v) is 6.84. The van der Waals surface area contributed by atoms with Crippen LogP contribution >= 0.6 is 15.9 Å². The average Bonchev–Trinajstić information content (AvgIpc) is 2.79. The van der Waals surface area contributed by atoms with Crippen LogP contribution in [-0.2, 0) is 25.4 Å². The molecule has 8 nitrogen and oxygen atoms in total. The SMILES string of the molecule is CCC(C)(C)NC(=O)Cn1c(Br)nc2c(=O)n(C)c(=O)n(C)c21. The maximum absolute atomic E-state index is 12.3. The van der Waals surface area contributed by atoms with E-state index in [1.54, 1.807) is 7.05 Å². The van der Waals surface area contributed by atoms with Crippen LogP contribution in [0.15, 0.2) is 14.3 Å².